The van der Waals surface area contributed by atoms with Crippen molar-refractivity contribution >= 4 is 46.8 Å². The molecular formula is C23H28N2O3S. The molecule has 0 fully saturated rings. The van der Waals surface area contributed by atoms with Crippen molar-refractivity contribution in [1.29, 1.82) is 0 Å². The van der Waals surface area contributed by atoms with Gasteiger partial charge in [0.25, 0.3) is 11.8 Å². The molecule has 1 aliphatic heterocycles. The highest BCUT2D eigenvalue weighted by Gasteiger charge is 2.33. The van der Waals surface area contributed by atoms with Crippen molar-refractivity contribution in [3.63, 3.8) is 0 Å². The molecule has 1 aliphatic rings. The van der Waals surface area contributed by atoms with Crippen LogP contribution in [0, 0.1) is 0 Å². The molecule has 0 spiro atoms. The van der Waals surface area contributed by atoms with Gasteiger partial charge in [-0.15, -0.1) is 0 Å². The van der Waals surface area contributed by atoms with Gasteiger partial charge in [-0.3, -0.25) is 19.3 Å². The zero-order valence-electron chi connectivity index (χ0n) is 17.1. The summed E-state index contributed by atoms with van der Waals surface area (Å²) in [5.74, 6) is -0.0142. The summed E-state index contributed by atoms with van der Waals surface area (Å²) >= 11 is 4.21. The lowest BCUT2D eigenvalue weighted by Crippen LogP contribution is -2.41. The van der Waals surface area contributed by atoms with Gasteiger partial charge in [0.1, 0.15) is 0 Å². The molecule has 154 valence electrons. The summed E-state index contributed by atoms with van der Waals surface area (Å²) in [6, 6.07) is 9.11. The van der Waals surface area contributed by atoms with Crippen LogP contribution < -0.4 is 4.90 Å². The smallest absolute Gasteiger partial charge is 0.261 e. The number of thiol groups is 1. The normalized spacial score (nSPS) is 13.3. The van der Waals surface area contributed by atoms with E-state index in [2.05, 4.69) is 19.6 Å². The first-order valence-corrected chi connectivity index (χ1v) is 11.0. The molecule has 3 amide bonds. The Morgan fingerprint density at radius 1 is 1.00 bits per heavy atom. The van der Waals surface area contributed by atoms with E-state index >= 15 is 0 Å². The molecule has 5 nitrogen and oxygen atoms in total. The van der Waals surface area contributed by atoms with Crippen molar-refractivity contribution < 1.29 is 14.4 Å². The van der Waals surface area contributed by atoms with Gasteiger partial charge in [-0.2, -0.15) is 12.6 Å². The van der Waals surface area contributed by atoms with E-state index in [1.807, 2.05) is 25.1 Å². The maximum atomic E-state index is 13.0. The third-order valence-electron chi connectivity index (χ3n) is 5.36. The van der Waals surface area contributed by atoms with E-state index in [0.29, 0.717) is 41.8 Å². The molecule has 0 aliphatic carbocycles. The molecule has 29 heavy (non-hydrogen) atoms. The van der Waals surface area contributed by atoms with Crippen molar-refractivity contribution in [3.8, 4) is 0 Å². The molecule has 0 saturated heterocycles. The monoisotopic (exact) mass is 412 g/mol. The predicted molar refractivity (Wildman–Crippen MR) is 120 cm³/mol. The number of hydrogen-bond donors (Lipinski definition) is 1. The summed E-state index contributed by atoms with van der Waals surface area (Å²) in [5, 5.41) is 1.44. The molecule has 0 saturated carbocycles. The van der Waals surface area contributed by atoms with Crippen LogP contribution in [-0.2, 0) is 4.79 Å². The zero-order valence-corrected chi connectivity index (χ0v) is 18.0. The lowest BCUT2D eigenvalue weighted by atomic mass is 9.92. The fraction of sp³-hybridized carbons (Fsp3) is 0.435. The summed E-state index contributed by atoms with van der Waals surface area (Å²) in [7, 11) is 0. The Kier molecular flexibility index (Phi) is 6.96. The summed E-state index contributed by atoms with van der Waals surface area (Å²) < 4.78 is 0. The van der Waals surface area contributed by atoms with E-state index in [4.69, 9.17) is 0 Å². The molecular weight excluding hydrogens is 384 g/mol. The number of carbonyl (C=O) groups excluding carboxylic acids is 3. The number of anilines is 1. The van der Waals surface area contributed by atoms with Gasteiger partial charge in [-0.05, 0) is 36.8 Å². The standard InChI is InChI=1S/C23H28N2O3S/c1-3-5-13-24(20(26)12-15-29)19-11-10-18-21-16(19)8-7-9-17(21)22(27)25(23(18)28)14-6-4-2/h7-11,29H,3-6,12-15H2,1-2H3. The molecule has 0 N–H and O–H groups in total. The Bertz CT molecular complexity index is 919. The van der Waals surface area contributed by atoms with Crippen LogP contribution in [0.1, 0.15) is 66.7 Å². The molecule has 2 aromatic rings. The largest absolute Gasteiger partial charge is 0.312 e. The van der Waals surface area contributed by atoms with Crippen LogP contribution in [0.5, 0.6) is 0 Å². The number of imide groups is 1. The lowest BCUT2D eigenvalue weighted by molar-refractivity contribution is -0.118. The number of amides is 3. The first kappa shape index (κ1) is 21.4. The Morgan fingerprint density at radius 2 is 1.69 bits per heavy atom. The third-order valence-corrected chi connectivity index (χ3v) is 5.58. The first-order valence-electron chi connectivity index (χ1n) is 10.4. The van der Waals surface area contributed by atoms with Gasteiger partial charge in [-0.25, -0.2) is 0 Å². The molecule has 0 atom stereocenters. The number of rotatable bonds is 9. The Hall–Kier alpha value is -2.34. The molecule has 0 bridgehead atoms. The number of unbranched alkanes of at least 4 members (excludes halogenated alkanes) is 2. The molecule has 1 heterocycles. The fourth-order valence-electron chi connectivity index (χ4n) is 3.81. The predicted octanol–water partition coefficient (Wildman–Crippen LogP) is 4.69. The zero-order chi connectivity index (χ0) is 21.0. The maximum absolute atomic E-state index is 13.0. The fourth-order valence-corrected chi connectivity index (χ4v) is 4.00. The first-order chi connectivity index (χ1) is 14.0. The number of carbonyl (C=O) groups is 3. The molecule has 0 radical (unpaired) electrons. The van der Waals surface area contributed by atoms with Crippen LogP contribution in [0.2, 0.25) is 0 Å². The van der Waals surface area contributed by atoms with E-state index in [9.17, 15) is 14.4 Å². The second-order valence-electron chi connectivity index (χ2n) is 7.35. The van der Waals surface area contributed by atoms with Gasteiger partial charge in [0.2, 0.25) is 5.91 Å². The van der Waals surface area contributed by atoms with E-state index in [1.165, 1.54) is 4.90 Å². The van der Waals surface area contributed by atoms with Crippen LogP contribution in [0.15, 0.2) is 30.3 Å². The number of nitrogens with zero attached hydrogens (tertiary/aromatic N) is 2. The molecule has 0 aromatic heterocycles. The quantitative estimate of drug-likeness (QED) is 0.480. The van der Waals surface area contributed by atoms with Crippen molar-refractivity contribution in [2.24, 2.45) is 0 Å². The van der Waals surface area contributed by atoms with E-state index < -0.39 is 0 Å². The van der Waals surface area contributed by atoms with Crippen LogP contribution >= 0.6 is 12.6 Å². The van der Waals surface area contributed by atoms with Crippen LogP contribution in [0.3, 0.4) is 0 Å². The molecule has 3 rings (SSSR count). The molecule has 0 unspecified atom stereocenters. The molecule has 6 heteroatoms. The highest BCUT2D eigenvalue weighted by molar-refractivity contribution is 7.80. The summed E-state index contributed by atoms with van der Waals surface area (Å²) in [6.45, 7) is 5.15. The van der Waals surface area contributed by atoms with Gasteiger partial charge in [0.15, 0.2) is 0 Å². The Labute approximate surface area is 177 Å². The average Bonchev–Trinajstić information content (AvgIpc) is 2.72. The topological polar surface area (TPSA) is 57.7 Å². The van der Waals surface area contributed by atoms with Gasteiger partial charge in [-0.1, -0.05) is 38.8 Å². The van der Waals surface area contributed by atoms with E-state index in [1.54, 1.807) is 17.0 Å². The number of benzene rings is 2. The highest BCUT2D eigenvalue weighted by atomic mass is 32.1. The average molecular weight is 413 g/mol. The van der Waals surface area contributed by atoms with Crippen LogP contribution in [0.4, 0.5) is 5.69 Å². The summed E-state index contributed by atoms with van der Waals surface area (Å²) in [4.78, 5) is 42.0. The van der Waals surface area contributed by atoms with Crippen LogP contribution in [-0.4, -0.2) is 41.5 Å². The summed E-state index contributed by atoms with van der Waals surface area (Å²) in [5.41, 5.74) is 1.83. The summed E-state index contributed by atoms with van der Waals surface area (Å²) in [6.07, 6.45) is 3.88. The van der Waals surface area contributed by atoms with Gasteiger partial charge in [0.05, 0.1) is 5.69 Å². The second-order valence-corrected chi connectivity index (χ2v) is 7.80. The second kappa shape index (κ2) is 9.44. The van der Waals surface area contributed by atoms with Crippen molar-refractivity contribution in [1.82, 2.24) is 4.90 Å². The van der Waals surface area contributed by atoms with Crippen molar-refractivity contribution in [3.05, 3.63) is 41.5 Å². The van der Waals surface area contributed by atoms with Crippen molar-refractivity contribution in [2.45, 2.75) is 46.0 Å². The Balaban J connectivity index is 2.14. The van der Waals surface area contributed by atoms with E-state index in [-0.39, 0.29) is 17.7 Å². The number of hydrogen-bond acceptors (Lipinski definition) is 4. The highest BCUT2D eigenvalue weighted by Crippen LogP contribution is 2.36. The third kappa shape index (κ3) is 4.04. The SMILES string of the molecule is CCCCN1C(=O)c2cccc3c(N(CCCC)C(=O)CCS)ccc(c23)C1=O. The van der Waals surface area contributed by atoms with Crippen molar-refractivity contribution in [2.75, 3.05) is 23.7 Å². The van der Waals surface area contributed by atoms with Gasteiger partial charge < -0.3 is 4.90 Å². The minimum Gasteiger partial charge on any atom is -0.312 e. The minimum atomic E-state index is -0.250. The Morgan fingerprint density at radius 3 is 2.34 bits per heavy atom. The lowest BCUT2D eigenvalue weighted by Gasteiger charge is -2.30. The van der Waals surface area contributed by atoms with Crippen LogP contribution in [0.25, 0.3) is 10.8 Å². The minimum absolute atomic E-state index is 0.00666. The molecule has 2 aromatic carbocycles. The van der Waals surface area contributed by atoms with E-state index in [0.717, 1.165) is 36.8 Å². The van der Waals surface area contributed by atoms with Gasteiger partial charge in [0, 0.05) is 41.4 Å². The van der Waals surface area contributed by atoms with Gasteiger partial charge >= 0.3 is 0 Å². The maximum Gasteiger partial charge on any atom is 0.261 e.